The number of halogens is 1. The first-order chi connectivity index (χ1) is 15.6. The molecular formula is C27H30ClNO4. The summed E-state index contributed by atoms with van der Waals surface area (Å²) >= 11 is 6.15. The second kappa shape index (κ2) is 8.96. The lowest BCUT2D eigenvalue weighted by Crippen LogP contribution is -2.31. The van der Waals surface area contributed by atoms with Gasteiger partial charge in [-0.3, -0.25) is 9.59 Å². The van der Waals surface area contributed by atoms with Gasteiger partial charge in [0.25, 0.3) is 5.91 Å². The molecule has 1 aliphatic heterocycles. The molecule has 1 amide bonds. The van der Waals surface area contributed by atoms with Gasteiger partial charge in [-0.05, 0) is 55.0 Å². The molecule has 2 aromatic carbocycles. The van der Waals surface area contributed by atoms with E-state index in [0.29, 0.717) is 41.1 Å². The highest BCUT2D eigenvalue weighted by Gasteiger charge is 2.42. The van der Waals surface area contributed by atoms with Crippen LogP contribution in [0.4, 0.5) is 0 Å². The summed E-state index contributed by atoms with van der Waals surface area (Å²) in [5, 5.41) is 0.836. The van der Waals surface area contributed by atoms with Crippen molar-refractivity contribution < 1.29 is 13.9 Å². The summed E-state index contributed by atoms with van der Waals surface area (Å²) in [5.74, 6) is -0.155. The Hall–Kier alpha value is -2.63. The van der Waals surface area contributed by atoms with Gasteiger partial charge in [0.1, 0.15) is 5.58 Å². The Labute approximate surface area is 199 Å². The monoisotopic (exact) mass is 467 g/mol. The number of amides is 1. The van der Waals surface area contributed by atoms with E-state index in [1.165, 1.54) is 5.56 Å². The van der Waals surface area contributed by atoms with E-state index in [2.05, 4.69) is 32.9 Å². The van der Waals surface area contributed by atoms with Crippen molar-refractivity contribution >= 4 is 28.5 Å². The van der Waals surface area contributed by atoms with Gasteiger partial charge in [-0.25, -0.2) is 0 Å². The first-order valence-electron chi connectivity index (χ1n) is 11.4. The van der Waals surface area contributed by atoms with Crippen LogP contribution in [-0.2, 0) is 10.2 Å². The van der Waals surface area contributed by atoms with Crippen LogP contribution in [0.5, 0.6) is 0 Å². The zero-order chi connectivity index (χ0) is 23.9. The third-order valence-corrected chi connectivity index (χ3v) is 6.25. The number of carbonyl (C=O) groups is 1. The van der Waals surface area contributed by atoms with E-state index in [9.17, 15) is 9.59 Å². The molecule has 174 valence electrons. The van der Waals surface area contributed by atoms with E-state index in [-0.39, 0.29) is 28.6 Å². The van der Waals surface area contributed by atoms with Crippen LogP contribution in [-0.4, -0.2) is 30.1 Å². The van der Waals surface area contributed by atoms with Crippen LogP contribution in [0.25, 0.3) is 11.0 Å². The molecule has 1 aromatic heterocycles. The average Bonchev–Trinajstić information content (AvgIpc) is 3.03. The van der Waals surface area contributed by atoms with Crippen molar-refractivity contribution in [3.8, 4) is 0 Å². The highest BCUT2D eigenvalue weighted by atomic mass is 35.5. The van der Waals surface area contributed by atoms with E-state index in [1.54, 1.807) is 23.1 Å². The van der Waals surface area contributed by atoms with Gasteiger partial charge in [-0.2, -0.15) is 0 Å². The van der Waals surface area contributed by atoms with Crippen LogP contribution < -0.4 is 5.43 Å². The Balaban J connectivity index is 1.81. The van der Waals surface area contributed by atoms with Crippen LogP contribution >= 0.6 is 11.6 Å². The fourth-order valence-electron chi connectivity index (χ4n) is 4.29. The Bertz CT molecular complexity index is 1240. The van der Waals surface area contributed by atoms with Gasteiger partial charge < -0.3 is 14.1 Å². The Morgan fingerprint density at radius 2 is 1.79 bits per heavy atom. The van der Waals surface area contributed by atoms with Crippen molar-refractivity contribution in [1.29, 1.82) is 0 Å². The van der Waals surface area contributed by atoms with Crippen molar-refractivity contribution in [2.75, 3.05) is 13.2 Å². The maximum absolute atomic E-state index is 13.6. The SMILES string of the molecule is CC(C)OCCCN1C(=O)c2oc3ccc(Cl)cc3c(=O)c2C1c1ccc(C(C)(C)C)cc1. The topological polar surface area (TPSA) is 59.8 Å². The Kier molecular flexibility index (Phi) is 6.39. The van der Waals surface area contributed by atoms with Gasteiger partial charge in [0.05, 0.1) is 23.1 Å². The molecule has 1 unspecified atom stereocenters. The summed E-state index contributed by atoms with van der Waals surface area (Å²) in [4.78, 5) is 28.7. The average molecular weight is 468 g/mol. The second-order valence-corrected chi connectivity index (χ2v) is 10.3. The lowest BCUT2D eigenvalue weighted by atomic mass is 9.86. The lowest BCUT2D eigenvalue weighted by molar-refractivity contribution is 0.0593. The van der Waals surface area contributed by atoms with Gasteiger partial charge >= 0.3 is 0 Å². The molecule has 1 atom stereocenters. The molecule has 0 saturated carbocycles. The highest BCUT2D eigenvalue weighted by molar-refractivity contribution is 6.31. The minimum Gasteiger partial charge on any atom is -0.450 e. The molecule has 4 rings (SSSR count). The summed E-state index contributed by atoms with van der Waals surface area (Å²) in [5.41, 5.74) is 2.60. The fourth-order valence-corrected chi connectivity index (χ4v) is 4.46. The first-order valence-corrected chi connectivity index (χ1v) is 11.7. The molecule has 0 spiro atoms. The lowest BCUT2D eigenvalue weighted by Gasteiger charge is -2.26. The zero-order valence-electron chi connectivity index (χ0n) is 19.8. The summed E-state index contributed by atoms with van der Waals surface area (Å²) in [7, 11) is 0. The minimum absolute atomic E-state index is 0.00177. The Morgan fingerprint density at radius 1 is 1.09 bits per heavy atom. The van der Waals surface area contributed by atoms with Crippen molar-refractivity contribution in [1.82, 2.24) is 4.90 Å². The molecule has 3 aromatic rings. The molecule has 33 heavy (non-hydrogen) atoms. The van der Waals surface area contributed by atoms with Gasteiger partial charge in [0.2, 0.25) is 5.76 Å². The van der Waals surface area contributed by atoms with Gasteiger partial charge in [-0.1, -0.05) is 56.6 Å². The van der Waals surface area contributed by atoms with Gasteiger partial charge in [0, 0.05) is 18.2 Å². The minimum atomic E-state index is -0.514. The van der Waals surface area contributed by atoms with Gasteiger partial charge in [-0.15, -0.1) is 0 Å². The van der Waals surface area contributed by atoms with E-state index in [4.69, 9.17) is 20.8 Å². The third kappa shape index (κ3) is 4.57. The fraction of sp³-hybridized carbons (Fsp3) is 0.407. The quantitative estimate of drug-likeness (QED) is 0.411. The van der Waals surface area contributed by atoms with E-state index >= 15 is 0 Å². The molecule has 6 heteroatoms. The molecule has 0 N–H and O–H groups in total. The van der Waals surface area contributed by atoms with E-state index < -0.39 is 6.04 Å². The molecule has 0 fully saturated rings. The summed E-state index contributed by atoms with van der Waals surface area (Å²) < 4.78 is 11.6. The number of nitrogens with zero attached hydrogens (tertiary/aromatic N) is 1. The first kappa shape index (κ1) is 23.5. The number of rotatable bonds is 6. The molecule has 0 bridgehead atoms. The normalized spacial score (nSPS) is 16.2. The molecule has 1 aliphatic rings. The molecular weight excluding hydrogens is 438 g/mol. The smallest absolute Gasteiger partial charge is 0.290 e. The second-order valence-electron chi connectivity index (χ2n) is 9.86. The van der Waals surface area contributed by atoms with Gasteiger partial charge in [0.15, 0.2) is 5.43 Å². The number of hydrogen-bond donors (Lipinski definition) is 0. The third-order valence-electron chi connectivity index (χ3n) is 6.01. The summed E-state index contributed by atoms with van der Waals surface area (Å²) in [6.45, 7) is 11.4. The van der Waals surface area contributed by atoms with Crippen LogP contribution in [0.2, 0.25) is 5.02 Å². The number of carbonyl (C=O) groups excluding carboxylic acids is 1. The molecule has 0 radical (unpaired) electrons. The van der Waals surface area contributed by atoms with E-state index in [0.717, 1.165) is 5.56 Å². The number of fused-ring (bicyclic) bond motifs is 2. The van der Waals surface area contributed by atoms with Crippen molar-refractivity contribution in [2.24, 2.45) is 0 Å². The molecule has 5 nitrogen and oxygen atoms in total. The standard InChI is InChI=1S/C27H30ClNO4/c1-16(2)32-14-6-13-29-23(17-7-9-18(10-8-17)27(3,4)5)22-24(30)20-15-19(28)11-12-21(20)33-25(22)26(29)31/h7-12,15-16,23H,6,13-14H2,1-5H3. The number of benzene rings is 2. The van der Waals surface area contributed by atoms with Crippen molar-refractivity contribution in [3.63, 3.8) is 0 Å². The predicted molar refractivity (Wildman–Crippen MR) is 131 cm³/mol. The van der Waals surface area contributed by atoms with Crippen LogP contribution in [0, 0.1) is 0 Å². The van der Waals surface area contributed by atoms with Crippen LogP contribution in [0.3, 0.4) is 0 Å². The van der Waals surface area contributed by atoms with Crippen molar-refractivity contribution in [3.05, 3.63) is 80.2 Å². The highest BCUT2D eigenvalue weighted by Crippen LogP contribution is 2.39. The number of ether oxygens (including phenoxy) is 1. The molecule has 0 aliphatic carbocycles. The van der Waals surface area contributed by atoms with Crippen LogP contribution in [0.15, 0.2) is 51.7 Å². The van der Waals surface area contributed by atoms with E-state index in [1.807, 2.05) is 26.0 Å². The summed E-state index contributed by atoms with van der Waals surface area (Å²) in [6, 6.07) is 12.5. The maximum atomic E-state index is 13.6. The Morgan fingerprint density at radius 3 is 2.42 bits per heavy atom. The zero-order valence-corrected chi connectivity index (χ0v) is 20.5. The van der Waals surface area contributed by atoms with Crippen LogP contribution in [0.1, 0.15) is 74.3 Å². The predicted octanol–water partition coefficient (Wildman–Crippen LogP) is 6.10. The molecule has 2 heterocycles. The maximum Gasteiger partial charge on any atom is 0.290 e. The summed E-state index contributed by atoms with van der Waals surface area (Å²) in [6.07, 6.45) is 0.782. The van der Waals surface area contributed by atoms with Crippen molar-refractivity contribution in [2.45, 2.75) is 58.6 Å². The molecule has 0 saturated heterocycles. The number of hydrogen-bond acceptors (Lipinski definition) is 4. The largest absolute Gasteiger partial charge is 0.450 e.